The number of piperidine rings is 1. The number of carbonyl (C=O) groups excluding carboxylic acids is 3. The zero-order valence-corrected chi connectivity index (χ0v) is 25.2. The molecule has 4 aliphatic rings. The van der Waals surface area contributed by atoms with E-state index in [9.17, 15) is 44.1 Å². The van der Waals surface area contributed by atoms with Gasteiger partial charge in [-0.2, -0.15) is 0 Å². The van der Waals surface area contributed by atoms with E-state index in [1.165, 1.54) is 13.2 Å². The molecule has 1 saturated heterocycles. The van der Waals surface area contributed by atoms with E-state index < -0.39 is 90.5 Å². The van der Waals surface area contributed by atoms with Crippen molar-refractivity contribution < 1.29 is 78.0 Å². The summed E-state index contributed by atoms with van der Waals surface area (Å²) < 4.78 is 27.2. The number of aliphatic carboxylic acids is 3. The molecule has 5 N–H and O–H groups in total. The van der Waals surface area contributed by atoms with Gasteiger partial charge in [-0.05, 0) is 44.1 Å². The first-order valence-corrected chi connectivity index (χ1v) is 14.6. The molecule has 0 amide bonds. The van der Waals surface area contributed by atoms with Crippen molar-refractivity contribution in [2.24, 2.45) is 0 Å². The minimum atomic E-state index is -2.23. The lowest BCUT2D eigenvalue weighted by Gasteiger charge is -2.61. The van der Waals surface area contributed by atoms with Crippen molar-refractivity contribution in [3.05, 3.63) is 35.1 Å². The van der Waals surface area contributed by atoms with Gasteiger partial charge < -0.3 is 54.1 Å². The summed E-state index contributed by atoms with van der Waals surface area (Å²) in [6.45, 7) is 0.581. The van der Waals surface area contributed by atoms with Gasteiger partial charge in [-0.15, -0.1) is 0 Å². The Bertz CT molecular complexity index is 1550. The Morgan fingerprint density at radius 3 is 2.36 bits per heavy atom. The van der Waals surface area contributed by atoms with Gasteiger partial charge in [-0.25, -0.2) is 14.4 Å². The van der Waals surface area contributed by atoms with Gasteiger partial charge in [0, 0.05) is 18.0 Å². The van der Waals surface area contributed by atoms with E-state index >= 15 is 0 Å². The van der Waals surface area contributed by atoms with Crippen LogP contribution >= 0.6 is 0 Å². The number of aliphatic hydroxyl groups excluding tert-OH is 1. The van der Waals surface area contributed by atoms with Crippen LogP contribution in [0.1, 0.15) is 43.2 Å². The number of aliphatic hydroxyl groups is 2. The molecule has 254 valence electrons. The number of benzene rings is 1. The molecule has 17 nitrogen and oxygen atoms in total. The van der Waals surface area contributed by atoms with Gasteiger partial charge in [0.2, 0.25) is 12.2 Å². The fraction of sp³-hybridized carbons (Fsp3) is 0.533. The zero-order valence-electron chi connectivity index (χ0n) is 25.2. The smallest absolute Gasteiger partial charge is 0.348 e. The molecular formula is C30H33NO16. The van der Waals surface area contributed by atoms with E-state index in [-0.39, 0.29) is 18.2 Å². The number of carboxylic acids is 3. The highest BCUT2D eigenvalue weighted by Gasteiger charge is 2.72. The standard InChI is InChI=1S/C30H33NO16/c1-31-8-7-29-23-13-3-4-15(43-2)24(23)47-25(29)16(5-6-30(29,42)19(31)9-13)44-22(36)12-18(45-21(35)10-14(32)26(37)38)28(41)46-17(27(39)40)11-20(33)34/h3-5,14,17-19,25,32,42H,6-12H2,1-2H3,(H,33,34)(H,37,38)(H,39,40)/t14-,17-,18-,19-,25+,29+,30-/m0/s1. The van der Waals surface area contributed by atoms with Crippen LogP contribution in [0.4, 0.5) is 0 Å². The minimum Gasteiger partial charge on any atom is -0.493 e. The third-order valence-electron chi connectivity index (χ3n) is 9.22. The molecule has 1 spiro atoms. The topological polar surface area (TPSA) is 253 Å². The zero-order chi connectivity index (χ0) is 34.4. The lowest BCUT2D eigenvalue weighted by Crippen LogP contribution is -2.74. The highest BCUT2D eigenvalue weighted by Crippen LogP contribution is 2.65. The first-order valence-electron chi connectivity index (χ1n) is 14.6. The van der Waals surface area contributed by atoms with Crippen molar-refractivity contribution in [3.63, 3.8) is 0 Å². The summed E-state index contributed by atoms with van der Waals surface area (Å²) in [6.07, 6.45) is -8.58. The molecule has 0 aromatic heterocycles. The second kappa shape index (κ2) is 12.5. The van der Waals surface area contributed by atoms with Crippen LogP contribution in [0.2, 0.25) is 0 Å². The van der Waals surface area contributed by atoms with E-state index in [1.54, 1.807) is 6.07 Å². The maximum absolute atomic E-state index is 13.3. The highest BCUT2D eigenvalue weighted by molar-refractivity contribution is 5.88. The summed E-state index contributed by atoms with van der Waals surface area (Å²) in [6, 6.07) is 3.36. The molecule has 0 unspecified atom stereocenters. The fourth-order valence-corrected chi connectivity index (χ4v) is 7.09. The summed E-state index contributed by atoms with van der Waals surface area (Å²) in [5.41, 5.74) is -0.686. The van der Waals surface area contributed by atoms with E-state index in [0.29, 0.717) is 30.9 Å². The predicted molar refractivity (Wildman–Crippen MR) is 150 cm³/mol. The number of methoxy groups -OCH3 is 1. The molecule has 2 aliphatic carbocycles. The second-order valence-electron chi connectivity index (χ2n) is 11.9. The van der Waals surface area contributed by atoms with Crippen molar-refractivity contribution in [2.75, 3.05) is 20.7 Å². The van der Waals surface area contributed by atoms with E-state index in [2.05, 4.69) is 4.90 Å². The first-order chi connectivity index (χ1) is 22.1. The molecule has 47 heavy (non-hydrogen) atoms. The number of likely N-dealkylation sites (N-methyl/N-ethyl adjacent to an activating group) is 1. The highest BCUT2D eigenvalue weighted by atomic mass is 16.6. The van der Waals surface area contributed by atoms with Gasteiger partial charge in [0.15, 0.2) is 23.7 Å². The number of hydrogen-bond donors (Lipinski definition) is 5. The number of carboxylic acid groups (broad SMARTS) is 3. The maximum atomic E-state index is 13.3. The molecule has 17 heteroatoms. The molecule has 0 radical (unpaired) electrons. The molecule has 1 aromatic carbocycles. The maximum Gasteiger partial charge on any atom is 0.348 e. The number of esters is 3. The average molecular weight is 664 g/mol. The molecule has 2 bridgehead atoms. The van der Waals surface area contributed by atoms with Crippen molar-refractivity contribution >= 4 is 35.8 Å². The van der Waals surface area contributed by atoms with Gasteiger partial charge in [0.05, 0.1) is 37.4 Å². The molecular weight excluding hydrogens is 630 g/mol. The van der Waals surface area contributed by atoms with Crippen LogP contribution in [0.15, 0.2) is 24.0 Å². The number of hydrogen-bond acceptors (Lipinski definition) is 14. The quantitative estimate of drug-likeness (QED) is 0.127. The normalized spacial score (nSPS) is 27.1. The van der Waals surface area contributed by atoms with Crippen LogP contribution in [0.3, 0.4) is 0 Å². The minimum absolute atomic E-state index is 0.0110. The lowest BCUT2D eigenvalue weighted by molar-refractivity contribution is -0.182. The van der Waals surface area contributed by atoms with E-state index in [1.807, 2.05) is 13.1 Å². The van der Waals surface area contributed by atoms with Gasteiger partial charge in [-0.1, -0.05) is 6.07 Å². The molecule has 2 heterocycles. The Morgan fingerprint density at radius 1 is 1.00 bits per heavy atom. The van der Waals surface area contributed by atoms with Gasteiger partial charge >= 0.3 is 35.8 Å². The van der Waals surface area contributed by atoms with Crippen LogP contribution in [-0.4, -0.2) is 123 Å². The Kier molecular flexibility index (Phi) is 8.91. The van der Waals surface area contributed by atoms with Gasteiger partial charge in [0.25, 0.3) is 0 Å². The van der Waals surface area contributed by atoms with Crippen LogP contribution in [0.25, 0.3) is 0 Å². The SMILES string of the molecule is COc1ccc2c3c1O[C@@H]1C(OC(=O)C[C@H](OC(=O)C[C@H](O)C(=O)O)C(=O)O[C@@H](CC(=O)O)C(=O)O)=CC[C@]4(O)[C@H](C2)N(C)CC[C@@]314. The Labute approximate surface area is 266 Å². The number of nitrogens with zero attached hydrogens (tertiary/aromatic N) is 1. The number of likely N-dealkylation sites (tertiary alicyclic amines) is 1. The average Bonchev–Trinajstić information content (AvgIpc) is 3.35. The fourth-order valence-electron chi connectivity index (χ4n) is 7.09. The molecule has 7 atom stereocenters. The summed E-state index contributed by atoms with van der Waals surface area (Å²) in [4.78, 5) is 74.1. The summed E-state index contributed by atoms with van der Waals surface area (Å²) >= 11 is 0. The van der Waals surface area contributed by atoms with Gasteiger partial charge in [-0.3, -0.25) is 14.4 Å². The third kappa shape index (κ3) is 5.74. The monoisotopic (exact) mass is 663 g/mol. The molecule has 2 aliphatic heterocycles. The second-order valence-corrected chi connectivity index (χ2v) is 11.9. The number of rotatable bonds is 13. The van der Waals surface area contributed by atoms with Crippen molar-refractivity contribution in [2.45, 2.75) is 80.0 Å². The van der Waals surface area contributed by atoms with Crippen molar-refractivity contribution in [1.82, 2.24) is 4.90 Å². The predicted octanol–water partition coefficient (Wildman–Crippen LogP) is -0.875. The Balaban J connectivity index is 1.41. The summed E-state index contributed by atoms with van der Waals surface area (Å²) in [5, 5.41) is 48.9. The van der Waals surface area contributed by atoms with Crippen LogP contribution in [-0.2, 0) is 54.8 Å². The molecule has 1 fully saturated rings. The largest absolute Gasteiger partial charge is 0.493 e. The van der Waals surface area contributed by atoms with E-state index in [0.717, 1.165) is 11.1 Å². The first kappa shape index (κ1) is 33.6. The van der Waals surface area contributed by atoms with Crippen LogP contribution in [0.5, 0.6) is 11.5 Å². The Morgan fingerprint density at radius 2 is 1.72 bits per heavy atom. The molecule has 1 aromatic rings. The summed E-state index contributed by atoms with van der Waals surface area (Å²) in [7, 11) is 3.38. The van der Waals surface area contributed by atoms with Crippen molar-refractivity contribution in [1.29, 1.82) is 0 Å². The summed E-state index contributed by atoms with van der Waals surface area (Å²) in [5.74, 6) is -8.76. The van der Waals surface area contributed by atoms with Crippen molar-refractivity contribution in [3.8, 4) is 11.5 Å². The van der Waals surface area contributed by atoms with Crippen LogP contribution in [0, 0.1) is 0 Å². The van der Waals surface area contributed by atoms with E-state index in [4.69, 9.17) is 33.9 Å². The third-order valence-corrected chi connectivity index (χ3v) is 9.22. The number of carbonyl (C=O) groups is 6. The molecule has 0 saturated carbocycles. The Hall–Kier alpha value is -4.74. The lowest BCUT2D eigenvalue weighted by atomic mass is 9.50. The molecule has 5 rings (SSSR count). The van der Waals surface area contributed by atoms with Crippen LogP contribution < -0.4 is 9.47 Å². The number of ether oxygens (including phenoxy) is 5. The van der Waals surface area contributed by atoms with Gasteiger partial charge in [0.1, 0.15) is 5.76 Å².